The third kappa shape index (κ3) is 6.51. The van der Waals surface area contributed by atoms with Crippen molar-refractivity contribution in [2.75, 3.05) is 37.7 Å². The van der Waals surface area contributed by atoms with Gasteiger partial charge in [-0.05, 0) is 88.4 Å². The van der Waals surface area contributed by atoms with E-state index >= 15 is 8.78 Å². The van der Waals surface area contributed by atoms with Crippen molar-refractivity contribution in [3.8, 4) is 23.0 Å². The zero-order chi connectivity index (χ0) is 39.0. The van der Waals surface area contributed by atoms with E-state index in [-0.39, 0.29) is 77.4 Å². The molecule has 4 unspecified atom stereocenters. The van der Waals surface area contributed by atoms with Gasteiger partial charge in [0.1, 0.15) is 40.8 Å². The SMILES string of the molecule is C=CC(C)c1c(F)ccc2cc(O)cc(-c3ncc4c(N5CC6CCC(C5)N6C(=O)OC(C)(C)C)nc(OCC56CCCN5CC(=C(F)F)C6)nc4c3F)c12. The summed E-state index contributed by atoms with van der Waals surface area (Å²) in [7, 11) is 0. The molecule has 4 saturated heterocycles. The fourth-order valence-corrected chi connectivity index (χ4v) is 9.07. The molecule has 0 aliphatic carbocycles. The van der Waals surface area contributed by atoms with Crippen molar-refractivity contribution < 1.29 is 36.9 Å². The third-order valence-corrected chi connectivity index (χ3v) is 11.6. The quantitative estimate of drug-likeness (QED) is 0.147. The Morgan fingerprint density at radius 2 is 1.89 bits per heavy atom. The zero-order valence-corrected chi connectivity index (χ0v) is 31.3. The second-order valence-corrected chi connectivity index (χ2v) is 16.3. The van der Waals surface area contributed by atoms with E-state index in [1.54, 1.807) is 17.9 Å². The predicted molar refractivity (Wildman–Crippen MR) is 200 cm³/mol. The number of halogens is 4. The molecule has 14 heteroatoms. The van der Waals surface area contributed by atoms with E-state index in [0.29, 0.717) is 48.0 Å². The number of anilines is 1. The molecule has 4 aromatic rings. The molecule has 2 bridgehead atoms. The van der Waals surface area contributed by atoms with Gasteiger partial charge in [0.05, 0.1) is 23.0 Å². The van der Waals surface area contributed by atoms with Crippen molar-refractivity contribution in [3.05, 3.63) is 72.0 Å². The molecular formula is C41H44F4N6O4. The molecule has 4 fully saturated rings. The number of carbonyl (C=O) groups is 1. The molecule has 8 rings (SSSR count). The first-order valence-corrected chi connectivity index (χ1v) is 18.8. The van der Waals surface area contributed by atoms with E-state index < -0.39 is 34.8 Å². The number of hydrogen-bond acceptors (Lipinski definition) is 9. The van der Waals surface area contributed by atoms with Gasteiger partial charge in [-0.2, -0.15) is 18.7 Å². The van der Waals surface area contributed by atoms with Crippen LogP contribution in [0.25, 0.3) is 32.9 Å². The number of phenols is 1. The number of hydrogen-bond donors (Lipinski definition) is 1. The van der Waals surface area contributed by atoms with Gasteiger partial charge in [-0.3, -0.25) is 14.8 Å². The van der Waals surface area contributed by atoms with Gasteiger partial charge in [0.15, 0.2) is 5.82 Å². The third-order valence-electron chi connectivity index (χ3n) is 11.6. The minimum atomic E-state index is -1.68. The summed E-state index contributed by atoms with van der Waals surface area (Å²) in [6.45, 7) is 12.7. The summed E-state index contributed by atoms with van der Waals surface area (Å²) < 4.78 is 72.3. The van der Waals surface area contributed by atoms with Crippen LogP contribution in [0.4, 0.5) is 28.2 Å². The molecule has 1 amide bonds. The van der Waals surface area contributed by atoms with Crippen molar-refractivity contribution in [1.82, 2.24) is 24.8 Å². The van der Waals surface area contributed by atoms with E-state index in [1.807, 2.05) is 30.6 Å². The number of phenolic OH excluding ortho intramolecular Hbond substituents is 1. The molecular weight excluding hydrogens is 716 g/mol. The molecule has 290 valence electrons. The lowest BCUT2D eigenvalue weighted by Gasteiger charge is -2.42. The molecule has 55 heavy (non-hydrogen) atoms. The molecule has 4 aliphatic rings. The summed E-state index contributed by atoms with van der Waals surface area (Å²) in [4.78, 5) is 33.0. The van der Waals surface area contributed by atoms with E-state index in [4.69, 9.17) is 14.5 Å². The Labute approximate surface area is 316 Å². The van der Waals surface area contributed by atoms with Crippen molar-refractivity contribution in [1.29, 1.82) is 0 Å². The van der Waals surface area contributed by atoms with Crippen LogP contribution in [-0.4, -0.2) is 92.0 Å². The zero-order valence-electron chi connectivity index (χ0n) is 31.3. The highest BCUT2D eigenvalue weighted by Gasteiger charge is 2.49. The minimum Gasteiger partial charge on any atom is -0.508 e. The molecule has 2 aromatic carbocycles. The molecule has 0 saturated carbocycles. The smallest absolute Gasteiger partial charge is 0.410 e. The number of ether oxygens (including phenoxy) is 2. The molecule has 0 spiro atoms. The second-order valence-electron chi connectivity index (χ2n) is 16.3. The summed E-state index contributed by atoms with van der Waals surface area (Å²) in [5.41, 5.74) is -1.07. The van der Waals surface area contributed by atoms with Crippen LogP contribution in [0, 0.1) is 11.6 Å². The summed E-state index contributed by atoms with van der Waals surface area (Å²) in [6.07, 6.45) is 4.12. The first kappa shape index (κ1) is 37.0. The maximum absolute atomic E-state index is 17.3. The largest absolute Gasteiger partial charge is 0.508 e. The summed E-state index contributed by atoms with van der Waals surface area (Å²) in [6, 6.07) is 5.15. The Hall–Kier alpha value is -4.98. The number of allylic oxidation sites excluding steroid dienone is 1. The Bertz CT molecular complexity index is 2240. The molecule has 2 aromatic heterocycles. The summed E-state index contributed by atoms with van der Waals surface area (Å²) in [5.74, 6) is -1.60. The van der Waals surface area contributed by atoms with Crippen LogP contribution in [0.2, 0.25) is 0 Å². The van der Waals surface area contributed by atoms with E-state index in [2.05, 4.69) is 16.5 Å². The highest BCUT2D eigenvalue weighted by Crippen LogP contribution is 2.45. The van der Waals surface area contributed by atoms with Crippen molar-refractivity contribution in [2.45, 2.75) is 88.9 Å². The first-order chi connectivity index (χ1) is 26.2. The van der Waals surface area contributed by atoms with Crippen LogP contribution in [-0.2, 0) is 4.74 Å². The predicted octanol–water partition coefficient (Wildman–Crippen LogP) is 8.47. The summed E-state index contributed by atoms with van der Waals surface area (Å²) in [5, 5.41) is 11.9. The lowest BCUT2D eigenvalue weighted by atomic mass is 9.89. The fraction of sp³-hybridized carbons (Fsp3) is 0.463. The van der Waals surface area contributed by atoms with Crippen LogP contribution < -0.4 is 9.64 Å². The lowest BCUT2D eigenvalue weighted by Crippen LogP contribution is -2.57. The number of fused-ring (bicyclic) bond motifs is 5. The van der Waals surface area contributed by atoms with Gasteiger partial charge in [-0.15, -0.1) is 6.58 Å². The molecule has 10 nitrogen and oxygen atoms in total. The maximum atomic E-state index is 17.3. The van der Waals surface area contributed by atoms with Crippen LogP contribution in [0.15, 0.2) is 54.8 Å². The Kier molecular flexibility index (Phi) is 9.17. The molecule has 6 heterocycles. The van der Waals surface area contributed by atoms with Gasteiger partial charge in [0, 0.05) is 48.4 Å². The number of piperazine rings is 1. The first-order valence-electron chi connectivity index (χ1n) is 18.8. The van der Waals surface area contributed by atoms with Gasteiger partial charge in [-0.1, -0.05) is 19.1 Å². The molecule has 4 aliphatic heterocycles. The average molecular weight is 761 g/mol. The van der Waals surface area contributed by atoms with Crippen LogP contribution in [0.1, 0.15) is 71.3 Å². The van der Waals surface area contributed by atoms with Gasteiger partial charge < -0.3 is 19.5 Å². The van der Waals surface area contributed by atoms with Gasteiger partial charge in [0.25, 0.3) is 6.08 Å². The number of carbonyl (C=O) groups excluding carboxylic acids is 1. The monoisotopic (exact) mass is 760 g/mol. The number of amides is 1. The van der Waals surface area contributed by atoms with Crippen LogP contribution >= 0.6 is 0 Å². The Morgan fingerprint density at radius 3 is 2.58 bits per heavy atom. The van der Waals surface area contributed by atoms with Gasteiger partial charge in [0.2, 0.25) is 0 Å². The minimum absolute atomic E-state index is 0.0191. The highest BCUT2D eigenvalue weighted by atomic mass is 19.3. The Balaban J connectivity index is 1.24. The highest BCUT2D eigenvalue weighted by molar-refractivity contribution is 6.02. The number of nitrogens with zero attached hydrogens (tertiary/aromatic N) is 6. The number of rotatable bonds is 7. The van der Waals surface area contributed by atoms with E-state index in [1.165, 1.54) is 30.5 Å². The van der Waals surface area contributed by atoms with E-state index in [9.17, 15) is 18.7 Å². The van der Waals surface area contributed by atoms with Crippen molar-refractivity contribution in [3.63, 3.8) is 0 Å². The Morgan fingerprint density at radius 1 is 1.15 bits per heavy atom. The molecule has 4 atom stereocenters. The van der Waals surface area contributed by atoms with Gasteiger partial charge >= 0.3 is 12.1 Å². The normalized spacial score (nSPS) is 23.1. The topological polar surface area (TPSA) is 104 Å². The standard InChI is InChI=1S/C41H44F4N6O4/c1-6-22(2)31-30(42)11-8-23-14-27(52)15-28(32(23)31)34-33(43)35-29(17-46-34)37(49-19-25-9-10-26(20-49)51(25)39(53)55-40(3,4)5)48-38(47-35)54-21-41-12-7-13-50(41)18-24(16-41)36(44)45/h6,8,11,14-15,17,22,25-26,52H,1,7,9-10,12-13,16,18-21H2,2-5H3. The summed E-state index contributed by atoms with van der Waals surface area (Å²) >= 11 is 0. The average Bonchev–Trinajstić information content (AvgIpc) is 3.78. The number of aromatic nitrogens is 3. The lowest BCUT2D eigenvalue weighted by molar-refractivity contribution is 0.0122. The van der Waals surface area contributed by atoms with Crippen molar-refractivity contribution in [2.24, 2.45) is 0 Å². The number of benzene rings is 2. The maximum Gasteiger partial charge on any atom is 0.410 e. The van der Waals surface area contributed by atoms with E-state index in [0.717, 1.165) is 19.3 Å². The number of aromatic hydroxyl groups is 1. The fourth-order valence-electron chi connectivity index (χ4n) is 9.07. The van der Waals surface area contributed by atoms with Crippen LogP contribution in [0.3, 0.4) is 0 Å². The number of pyridine rings is 1. The molecule has 1 N–H and O–H groups in total. The second kappa shape index (κ2) is 13.6. The van der Waals surface area contributed by atoms with Gasteiger partial charge in [-0.25, -0.2) is 13.6 Å². The molecule has 0 radical (unpaired) electrons. The van der Waals surface area contributed by atoms with Crippen molar-refractivity contribution >= 4 is 33.6 Å². The van der Waals surface area contributed by atoms with Crippen LogP contribution in [0.5, 0.6) is 11.8 Å².